The lowest BCUT2D eigenvalue weighted by molar-refractivity contribution is -0.384. The molecule has 1 saturated heterocycles. The molecule has 0 aliphatic carbocycles. The predicted octanol–water partition coefficient (Wildman–Crippen LogP) is 1.26. The molecule has 1 aromatic carbocycles. The minimum Gasteiger partial charge on any atom is -0.370 e. The van der Waals surface area contributed by atoms with E-state index in [1.807, 2.05) is 4.90 Å². The first-order valence-corrected chi connectivity index (χ1v) is 8.65. The van der Waals surface area contributed by atoms with Gasteiger partial charge in [-0.3, -0.25) is 10.1 Å². The van der Waals surface area contributed by atoms with E-state index >= 15 is 0 Å². The Morgan fingerprint density at radius 1 is 1.50 bits per heavy atom. The van der Waals surface area contributed by atoms with Gasteiger partial charge in [0.1, 0.15) is 0 Å². The van der Waals surface area contributed by atoms with Gasteiger partial charge in [-0.05, 0) is 24.8 Å². The van der Waals surface area contributed by atoms with Gasteiger partial charge in [0.2, 0.25) is 0 Å². The highest BCUT2D eigenvalue weighted by Crippen LogP contribution is 2.32. The molecular formula is C12H17ClN4O4S. The number of benzene rings is 1. The lowest BCUT2D eigenvalue weighted by atomic mass is 9.98. The Hall–Kier alpha value is -1.42. The zero-order valence-electron chi connectivity index (χ0n) is 11.7. The number of nitrogens with one attached hydrogen (secondary N) is 1. The lowest BCUT2D eigenvalue weighted by Crippen LogP contribution is -2.42. The van der Waals surface area contributed by atoms with Gasteiger partial charge < -0.3 is 4.90 Å². The molecule has 1 unspecified atom stereocenters. The Kier molecular flexibility index (Phi) is 5.22. The molecular weight excluding hydrogens is 332 g/mol. The fourth-order valence-electron chi connectivity index (χ4n) is 2.55. The van der Waals surface area contributed by atoms with Crippen molar-refractivity contribution in [1.29, 1.82) is 0 Å². The van der Waals surface area contributed by atoms with Gasteiger partial charge in [-0.25, -0.2) is 9.86 Å². The van der Waals surface area contributed by atoms with Crippen LogP contribution in [0.2, 0.25) is 5.02 Å². The molecule has 0 bridgehead atoms. The molecule has 1 aliphatic rings. The van der Waals surface area contributed by atoms with Crippen molar-refractivity contribution in [1.82, 2.24) is 4.72 Å². The van der Waals surface area contributed by atoms with Crippen LogP contribution in [-0.4, -0.2) is 33.0 Å². The van der Waals surface area contributed by atoms with Crippen LogP contribution in [0.25, 0.3) is 0 Å². The van der Waals surface area contributed by atoms with Crippen molar-refractivity contribution in [2.45, 2.75) is 12.8 Å². The summed E-state index contributed by atoms with van der Waals surface area (Å²) >= 11 is 6.13. The van der Waals surface area contributed by atoms with E-state index in [0.717, 1.165) is 19.4 Å². The predicted molar refractivity (Wildman–Crippen MR) is 84.2 cm³/mol. The molecule has 1 aliphatic heterocycles. The Morgan fingerprint density at radius 3 is 2.82 bits per heavy atom. The molecule has 8 nitrogen and oxygen atoms in total. The van der Waals surface area contributed by atoms with Crippen molar-refractivity contribution in [2.75, 3.05) is 24.5 Å². The van der Waals surface area contributed by atoms with Crippen molar-refractivity contribution in [2.24, 2.45) is 11.1 Å². The Morgan fingerprint density at radius 2 is 2.23 bits per heavy atom. The first-order valence-electron chi connectivity index (χ1n) is 6.72. The SMILES string of the molecule is NS(=O)(=O)NCC1CCCN(c2ccc([N+](=O)[O-])cc2Cl)C1. The summed E-state index contributed by atoms with van der Waals surface area (Å²) in [4.78, 5) is 12.2. The maximum absolute atomic E-state index is 10.9. The Balaban J connectivity index is 2.07. The molecule has 1 atom stereocenters. The molecule has 2 rings (SSSR count). The molecule has 22 heavy (non-hydrogen) atoms. The van der Waals surface area contributed by atoms with Gasteiger partial charge in [0.05, 0.1) is 15.6 Å². The van der Waals surface area contributed by atoms with Gasteiger partial charge in [0.15, 0.2) is 0 Å². The maximum atomic E-state index is 10.9. The molecule has 122 valence electrons. The van der Waals surface area contributed by atoms with Gasteiger partial charge in [0.25, 0.3) is 15.9 Å². The van der Waals surface area contributed by atoms with Gasteiger partial charge in [-0.15, -0.1) is 0 Å². The van der Waals surface area contributed by atoms with Gasteiger partial charge >= 0.3 is 0 Å². The van der Waals surface area contributed by atoms with Crippen LogP contribution in [0.4, 0.5) is 11.4 Å². The minimum absolute atomic E-state index is 0.0572. The van der Waals surface area contributed by atoms with E-state index in [1.165, 1.54) is 12.1 Å². The number of nitrogens with two attached hydrogens (primary N) is 1. The van der Waals surface area contributed by atoms with Crippen LogP contribution in [0.3, 0.4) is 0 Å². The first-order chi connectivity index (χ1) is 10.3. The van der Waals surface area contributed by atoms with Gasteiger partial charge in [0, 0.05) is 31.8 Å². The van der Waals surface area contributed by atoms with E-state index in [2.05, 4.69) is 4.72 Å². The molecule has 3 N–H and O–H groups in total. The second-order valence-corrected chi connectivity index (χ2v) is 7.03. The molecule has 0 amide bonds. The largest absolute Gasteiger partial charge is 0.370 e. The quantitative estimate of drug-likeness (QED) is 0.613. The summed E-state index contributed by atoms with van der Waals surface area (Å²) in [7, 11) is -3.70. The highest BCUT2D eigenvalue weighted by molar-refractivity contribution is 7.87. The summed E-state index contributed by atoms with van der Waals surface area (Å²) in [6.07, 6.45) is 1.76. The fourth-order valence-corrected chi connectivity index (χ4v) is 3.31. The molecule has 0 saturated carbocycles. The smallest absolute Gasteiger partial charge is 0.274 e. The van der Waals surface area contributed by atoms with E-state index in [9.17, 15) is 18.5 Å². The summed E-state index contributed by atoms with van der Waals surface area (Å²) in [5, 5.41) is 16.0. The van der Waals surface area contributed by atoms with Gasteiger partial charge in [-0.2, -0.15) is 8.42 Å². The molecule has 1 aromatic rings. The van der Waals surface area contributed by atoms with E-state index < -0.39 is 15.1 Å². The number of nitrogens with zero attached hydrogens (tertiary/aromatic N) is 2. The van der Waals surface area contributed by atoms with Crippen molar-refractivity contribution < 1.29 is 13.3 Å². The van der Waals surface area contributed by atoms with Crippen LogP contribution in [-0.2, 0) is 10.2 Å². The lowest BCUT2D eigenvalue weighted by Gasteiger charge is -2.34. The number of nitro benzene ring substituents is 1. The molecule has 1 heterocycles. The summed E-state index contributed by atoms with van der Waals surface area (Å²) in [5.41, 5.74) is 0.658. The van der Waals surface area contributed by atoms with Crippen LogP contribution in [0.5, 0.6) is 0 Å². The number of non-ortho nitro benzene ring substituents is 1. The Labute approximate surface area is 133 Å². The summed E-state index contributed by atoms with van der Waals surface area (Å²) in [5.74, 6) is 0.110. The monoisotopic (exact) mass is 348 g/mol. The average molecular weight is 349 g/mol. The topological polar surface area (TPSA) is 119 Å². The van der Waals surface area contributed by atoms with E-state index in [0.29, 0.717) is 17.3 Å². The number of anilines is 1. The number of piperidine rings is 1. The highest BCUT2D eigenvalue weighted by Gasteiger charge is 2.23. The number of rotatable bonds is 5. The molecule has 0 radical (unpaired) electrons. The standard InChI is InChI=1S/C12H17ClN4O4S/c13-11-6-10(17(18)19)3-4-12(11)16-5-1-2-9(8-16)7-15-22(14,20)21/h3-4,6,9,15H,1-2,5,7-8H2,(H2,14,20,21). The fraction of sp³-hybridized carbons (Fsp3) is 0.500. The summed E-state index contributed by atoms with van der Waals surface area (Å²) in [6, 6.07) is 4.35. The average Bonchev–Trinajstić information content (AvgIpc) is 2.44. The van der Waals surface area contributed by atoms with Crippen molar-refractivity contribution in [3.8, 4) is 0 Å². The van der Waals surface area contributed by atoms with Crippen LogP contribution < -0.4 is 14.8 Å². The van der Waals surface area contributed by atoms with Gasteiger partial charge in [-0.1, -0.05) is 11.6 Å². The summed E-state index contributed by atoms with van der Waals surface area (Å²) < 4.78 is 24.2. The molecule has 0 spiro atoms. The number of nitro groups is 1. The first kappa shape index (κ1) is 16.9. The van der Waals surface area contributed by atoms with E-state index in [1.54, 1.807) is 6.07 Å². The second kappa shape index (κ2) is 6.78. The number of hydrogen-bond acceptors (Lipinski definition) is 5. The molecule has 0 aromatic heterocycles. The van der Waals surface area contributed by atoms with Crippen LogP contribution in [0.15, 0.2) is 18.2 Å². The highest BCUT2D eigenvalue weighted by atomic mass is 35.5. The minimum atomic E-state index is -3.70. The third kappa shape index (κ3) is 4.54. The van der Waals surface area contributed by atoms with Crippen LogP contribution >= 0.6 is 11.6 Å². The third-order valence-corrected chi connectivity index (χ3v) is 4.45. The zero-order chi connectivity index (χ0) is 16.3. The van der Waals surface area contributed by atoms with Crippen molar-refractivity contribution in [3.63, 3.8) is 0 Å². The van der Waals surface area contributed by atoms with Crippen LogP contribution in [0.1, 0.15) is 12.8 Å². The van der Waals surface area contributed by atoms with Crippen molar-refractivity contribution in [3.05, 3.63) is 33.3 Å². The second-order valence-electron chi connectivity index (χ2n) is 5.24. The Bertz CT molecular complexity index is 667. The molecule has 10 heteroatoms. The van der Waals surface area contributed by atoms with E-state index in [4.69, 9.17) is 16.7 Å². The third-order valence-electron chi connectivity index (χ3n) is 3.57. The normalized spacial score (nSPS) is 19.2. The summed E-state index contributed by atoms with van der Waals surface area (Å²) in [6.45, 7) is 1.64. The van der Waals surface area contributed by atoms with E-state index in [-0.39, 0.29) is 18.2 Å². The maximum Gasteiger partial charge on any atom is 0.274 e. The number of halogens is 1. The molecule has 1 fully saturated rings. The number of hydrogen-bond donors (Lipinski definition) is 2. The van der Waals surface area contributed by atoms with Crippen LogP contribution in [0, 0.1) is 16.0 Å². The zero-order valence-corrected chi connectivity index (χ0v) is 13.3. The van der Waals surface area contributed by atoms with Crippen molar-refractivity contribution >= 4 is 33.2 Å².